The first-order chi connectivity index (χ1) is 12.1. The standard InChI is InChI=1S/C21H14O4/c1-25-21(24)18-19(22)16-14-10-6-2-3-7-11(10)15(17(16)20(18)23)13-9-5-4-8-12(13)14/h2-9,14-15,18H,1H3. The molecular weight excluding hydrogens is 316 g/mol. The van der Waals surface area contributed by atoms with Crippen LogP contribution in [0.15, 0.2) is 59.7 Å². The Hall–Kier alpha value is -3.01. The molecule has 4 heteroatoms. The van der Waals surface area contributed by atoms with Crippen LogP contribution in [0.2, 0.25) is 0 Å². The highest BCUT2D eigenvalue weighted by Crippen LogP contribution is 2.58. The van der Waals surface area contributed by atoms with Crippen LogP contribution >= 0.6 is 0 Å². The molecular formula is C21H14O4. The summed E-state index contributed by atoms with van der Waals surface area (Å²) < 4.78 is 4.72. The Labute approximate surface area is 144 Å². The average molecular weight is 330 g/mol. The van der Waals surface area contributed by atoms with E-state index in [4.69, 9.17) is 4.74 Å². The van der Waals surface area contributed by atoms with E-state index >= 15 is 0 Å². The fourth-order valence-corrected chi connectivity index (χ4v) is 4.65. The zero-order valence-corrected chi connectivity index (χ0v) is 13.5. The van der Waals surface area contributed by atoms with E-state index < -0.39 is 23.5 Å². The lowest BCUT2D eigenvalue weighted by Crippen LogP contribution is -2.29. The van der Waals surface area contributed by atoms with Gasteiger partial charge in [-0.15, -0.1) is 0 Å². The molecule has 0 atom stereocenters. The molecule has 0 N–H and O–H groups in total. The Bertz CT molecular complexity index is 895. The van der Waals surface area contributed by atoms with Gasteiger partial charge in [0, 0.05) is 23.0 Å². The first kappa shape index (κ1) is 14.3. The molecule has 0 unspecified atom stereocenters. The number of ether oxygens (including phenoxy) is 1. The maximum atomic E-state index is 13.0. The van der Waals surface area contributed by atoms with E-state index in [0.717, 1.165) is 22.3 Å². The summed E-state index contributed by atoms with van der Waals surface area (Å²) >= 11 is 0. The lowest BCUT2D eigenvalue weighted by molar-refractivity contribution is -0.150. The molecule has 0 aliphatic heterocycles. The minimum Gasteiger partial charge on any atom is -0.468 e. The van der Waals surface area contributed by atoms with Crippen LogP contribution in [0, 0.1) is 5.92 Å². The number of benzene rings is 2. The van der Waals surface area contributed by atoms with Crippen molar-refractivity contribution in [2.75, 3.05) is 7.11 Å². The Kier molecular flexibility index (Phi) is 2.73. The van der Waals surface area contributed by atoms with Crippen LogP contribution in [-0.4, -0.2) is 24.6 Å². The molecule has 4 aliphatic carbocycles. The van der Waals surface area contributed by atoms with E-state index in [1.807, 2.05) is 48.5 Å². The number of hydrogen-bond acceptors (Lipinski definition) is 4. The molecule has 0 radical (unpaired) electrons. The summed E-state index contributed by atoms with van der Waals surface area (Å²) in [5, 5.41) is 0. The van der Waals surface area contributed by atoms with Crippen LogP contribution in [0.25, 0.3) is 0 Å². The molecule has 2 bridgehead atoms. The fraction of sp³-hybridized carbons (Fsp3) is 0.190. The third-order valence-electron chi connectivity index (χ3n) is 5.60. The van der Waals surface area contributed by atoms with Crippen molar-refractivity contribution in [3.05, 3.63) is 81.9 Å². The third-order valence-corrected chi connectivity index (χ3v) is 5.60. The lowest BCUT2D eigenvalue weighted by atomic mass is 9.61. The van der Waals surface area contributed by atoms with E-state index in [2.05, 4.69) is 0 Å². The SMILES string of the molecule is COC(=O)C1C(=O)C2=C(C1=O)C1c3ccccc3C2c2ccccc21. The van der Waals surface area contributed by atoms with Crippen LogP contribution < -0.4 is 0 Å². The van der Waals surface area contributed by atoms with Gasteiger partial charge < -0.3 is 4.74 Å². The van der Waals surface area contributed by atoms with Gasteiger partial charge in [0.05, 0.1) is 7.11 Å². The molecule has 25 heavy (non-hydrogen) atoms. The summed E-state index contributed by atoms with van der Waals surface area (Å²) in [4.78, 5) is 38.0. The number of ketones is 2. The second-order valence-corrected chi connectivity index (χ2v) is 6.64. The van der Waals surface area contributed by atoms with Crippen LogP contribution in [0.3, 0.4) is 0 Å². The lowest BCUT2D eigenvalue weighted by Gasteiger charge is -2.40. The molecule has 0 saturated carbocycles. The zero-order chi connectivity index (χ0) is 17.3. The van der Waals surface area contributed by atoms with Crippen molar-refractivity contribution in [1.29, 1.82) is 0 Å². The number of allylic oxidation sites excluding steroid dienone is 2. The van der Waals surface area contributed by atoms with E-state index in [-0.39, 0.29) is 11.8 Å². The third kappa shape index (κ3) is 1.59. The molecule has 0 heterocycles. The highest BCUT2D eigenvalue weighted by molar-refractivity contribution is 6.35. The van der Waals surface area contributed by atoms with Gasteiger partial charge in [-0.05, 0) is 22.3 Å². The van der Waals surface area contributed by atoms with Crippen molar-refractivity contribution in [3.63, 3.8) is 0 Å². The Balaban J connectivity index is 1.80. The summed E-state index contributed by atoms with van der Waals surface area (Å²) in [6, 6.07) is 15.8. The number of carbonyl (C=O) groups excluding carboxylic acids is 3. The van der Waals surface area contributed by atoms with E-state index in [0.29, 0.717) is 11.1 Å². The molecule has 2 aromatic rings. The molecule has 0 aromatic heterocycles. The minimum atomic E-state index is -1.34. The molecule has 0 spiro atoms. The molecule has 2 aromatic carbocycles. The zero-order valence-electron chi connectivity index (χ0n) is 13.5. The molecule has 0 saturated heterocycles. The van der Waals surface area contributed by atoms with Gasteiger partial charge in [-0.3, -0.25) is 14.4 Å². The van der Waals surface area contributed by atoms with E-state index in [1.165, 1.54) is 7.11 Å². The van der Waals surface area contributed by atoms with E-state index in [1.54, 1.807) is 0 Å². The van der Waals surface area contributed by atoms with Crippen LogP contribution in [0.1, 0.15) is 34.1 Å². The largest absolute Gasteiger partial charge is 0.468 e. The number of hydrogen-bond donors (Lipinski definition) is 0. The van der Waals surface area contributed by atoms with Gasteiger partial charge in [0.2, 0.25) is 0 Å². The second kappa shape index (κ2) is 4.76. The monoisotopic (exact) mass is 330 g/mol. The molecule has 4 nitrogen and oxygen atoms in total. The quantitative estimate of drug-likeness (QED) is 0.595. The van der Waals surface area contributed by atoms with Gasteiger partial charge in [-0.1, -0.05) is 48.5 Å². The van der Waals surface area contributed by atoms with Gasteiger partial charge in [0.15, 0.2) is 17.5 Å². The predicted molar refractivity (Wildman–Crippen MR) is 89.1 cm³/mol. The average Bonchev–Trinajstić information content (AvgIpc) is 2.92. The topological polar surface area (TPSA) is 60.4 Å². The Morgan fingerprint density at radius 1 is 0.760 bits per heavy atom. The molecule has 0 fully saturated rings. The van der Waals surface area contributed by atoms with Crippen LogP contribution in [0.4, 0.5) is 0 Å². The van der Waals surface area contributed by atoms with Crippen molar-refractivity contribution < 1.29 is 19.1 Å². The number of esters is 1. The number of Topliss-reactive ketones (excluding diaryl/α,β-unsaturated/α-hetero) is 2. The second-order valence-electron chi connectivity index (χ2n) is 6.64. The highest BCUT2D eigenvalue weighted by atomic mass is 16.5. The summed E-state index contributed by atoms with van der Waals surface area (Å²) in [7, 11) is 1.21. The molecule has 4 aliphatic rings. The van der Waals surface area contributed by atoms with Gasteiger partial charge in [0.1, 0.15) is 0 Å². The predicted octanol–water partition coefficient (Wildman–Crippen LogP) is 2.52. The summed E-state index contributed by atoms with van der Waals surface area (Å²) in [5.74, 6) is -3.46. The highest BCUT2D eigenvalue weighted by Gasteiger charge is 2.56. The minimum absolute atomic E-state index is 0.279. The normalized spacial score (nSPS) is 25.6. The van der Waals surface area contributed by atoms with Gasteiger partial charge in [-0.2, -0.15) is 0 Å². The summed E-state index contributed by atoms with van der Waals surface area (Å²) in [6.07, 6.45) is 0. The van der Waals surface area contributed by atoms with Gasteiger partial charge in [0.25, 0.3) is 0 Å². The fourth-order valence-electron chi connectivity index (χ4n) is 4.65. The van der Waals surface area contributed by atoms with Crippen molar-refractivity contribution >= 4 is 17.5 Å². The first-order valence-corrected chi connectivity index (χ1v) is 8.23. The maximum Gasteiger partial charge on any atom is 0.324 e. The molecule has 6 rings (SSSR count). The molecule has 0 amide bonds. The first-order valence-electron chi connectivity index (χ1n) is 8.23. The van der Waals surface area contributed by atoms with Crippen molar-refractivity contribution in [2.45, 2.75) is 11.8 Å². The summed E-state index contributed by atoms with van der Waals surface area (Å²) in [5.41, 5.74) is 5.19. The number of rotatable bonds is 1. The summed E-state index contributed by atoms with van der Waals surface area (Å²) in [6.45, 7) is 0. The van der Waals surface area contributed by atoms with E-state index in [9.17, 15) is 14.4 Å². The Morgan fingerprint density at radius 2 is 1.12 bits per heavy atom. The maximum absolute atomic E-state index is 13.0. The van der Waals surface area contributed by atoms with Gasteiger partial charge in [-0.25, -0.2) is 0 Å². The number of methoxy groups -OCH3 is 1. The van der Waals surface area contributed by atoms with Crippen molar-refractivity contribution in [1.82, 2.24) is 0 Å². The van der Waals surface area contributed by atoms with Crippen LogP contribution in [-0.2, 0) is 19.1 Å². The van der Waals surface area contributed by atoms with Crippen molar-refractivity contribution in [3.8, 4) is 0 Å². The molecule has 122 valence electrons. The number of carbonyl (C=O) groups is 3. The van der Waals surface area contributed by atoms with Crippen LogP contribution in [0.5, 0.6) is 0 Å². The van der Waals surface area contributed by atoms with Gasteiger partial charge >= 0.3 is 5.97 Å². The van der Waals surface area contributed by atoms with Crippen molar-refractivity contribution in [2.24, 2.45) is 5.92 Å². The Morgan fingerprint density at radius 3 is 1.44 bits per heavy atom. The smallest absolute Gasteiger partial charge is 0.324 e.